The predicted molar refractivity (Wildman–Crippen MR) is 75.8 cm³/mol. The minimum absolute atomic E-state index is 0.547. The molecule has 0 aliphatic heterocycles. The van der Waals surface area contributed by atoms with E-state index in [9.17, 15) is 0 Å². The van der Waals surface area contributed by atoms with Gasteiger partial charge in [-0.3, -0.25) is 0 Å². The van der Waals surface area contributed by atoms with Gasteiger partial charge in [0.2, 0.25) is 0 Å². The molecule has 1 aliphatic carbocycles. The van der Waals surface area contributed by atoms with Crippen molar-refractivity contribution >= 4 is 17.6 Å². The van der Waals surface area contributed by atoms with Crippen molar-refractivity contribution < 1.29 is 0 Å². The average molecular weight is 267 g/mol. The second-order valence-corrected chi connectivity index (χ2v) is 6.01. The largest absolute Gasteiger partial charge is 0.309 e. The molecule has 1 heterocycles. The number of nitrogens with two attached hydrogens (primary N) is 1. The summed E-state index contributed by atoms with van der Waals surface area (Å²) in [5.41, 5.74) is 3.73. The lowest BCUT2D eigenvalue weighted by Gasteiger charge is -2.13. The molecule has 1 fully saturated rings. The van der Waals surface area contributed by atoms with E-state index >= 15 is 0 Å². The van der Waals surface area contributed by atoms with Crippen molar-refractivity contribution in [1.82, 2.24) is 14.9 Å². The van der Waals surface area contributed by atoms with Crippen LogP contribution in [-0.4, -0.2) is 41.3 Å². The molecule has 0 atom stereocenters. The number of hydrogen-bond donors (Lipinski definition) is 2. The highest BCUT2D eigenvalue weighted by atomic mass is 32.2. The summed E-state index contributed by atoms with van der Waals surface area (Å²) >= 11 is 1.78. The van der Waals surface area contributed by atoms with Crippen LogP contribution < -0.4 is 11.3 Å². The highest BCUT2D eigenvalue weighted by Crippen LogP contribution is 2.39. The van der Waals surface area contributed by atoms with Crippen LogP contribution in [0.15, 0.2) is 5.03 Å². The number of hydrazine groups is 1. The Bertz CT molecular complexity index is 417. The van der Waals surface area contributed by atoms with Gasteiger partial charge in [0, 0.05) is 23.8 Å². The molecule has 1 aromatic rings. The zero-order valence-corrected chi connectivity index (χ0v) is 12.0. The Balaban J connectivity index is 2.13. The first-order chi connectivity index (χ1) is 8.61. The molecule has 0 bridgehead atoms. The van der Waals surface area contributed by atoms with E-state index in [1.165, 1.54) is 12.8 Å². The summed E-state index contributed by atoms with van der Waals surface area (Å²) in [7, 11) is 4.16. The second-order valence-electron chi connectivity index (χ2n) is 4.93. The Morgan fingerprint density at radius 1 is 1.39 bits per heavy atom. The smallest absolute Gasteiger partial charge is 0.147 e. The van der Waals surface area contributed by atoms with Gasteiger partial charge < -0.3 is 10.3 Å². The van der Waals surface area contributed by atoms with Gasteiger partial charge in [-0.25, -0.2) is 15.8 Å². The maximum atomic E-state index is 5.53. The molecule has 0 spiro atoms. The molecular formula is C12H21N5S. The Morgan fingerprint density at radius 2 is 2.11 bits per heavy atom. The molecule has 3 N–H and O–H groups in total. The molecule has 0 aromatic carbocycles. The molecule has 0 radical (unpaired) electrons. The van der Waals surface area contributed by atoms with E-state index in [0.717, 1.165) is 34.5 Å². The van der Waals surface area contributed by atoms with Crippen LogP contribution in [-0.2, 0) is 0 Å². The Morgan fingerprint density at radius 3 is 2.67 bits per heavy atom. The van der Waals surface area contributed by atoms with E-state index in [1.54, 1.807) is 11.8 Å². The van der Waals surface area contributed by atoms with Gasteiger partial charge in [0.25, 0.3) is 0 Å². The Hall–Kier alpha value is -0.850. The number of nitrogen functional groups attached to an aromatic ring is 1. The fourth-order valence-corrected chi connectivity index (χ4v) is 2.76. The highest BCUT2D eigenvalue weighted by Gasteiger charge is 2.28. The number of thioether (sulfide) groups is 1. The van der Waals surface area contributed by atoms with E-state index < -0.39 is 0 Å². The van der Waals surface area contributed by atoms with Crippen molar-refractivity contribution in [3.63, 3.8) is 0 Å². The summed E-state index contributed by atoms with van der Waals surface area (Å²) in [5.74, 6) is 8.81. The van der Waals surface area contributed by atoms with Gasteiger partial charge in [-0.15, -0.1) is 11.8 Å². The molecule has 0 unspecified atom stereocenters. The number of nitrogens with one attached hydrogen (secondary N) is 1. The molecule has 1 saturated carbocycles. The number of aromatic nitrogens is 2. The first kappa shape index (κ1) is 13.6. The van der Waals surface area contributed by atoms with Gasteiger partial charge in [-0.2, -0.15) is 0 Å². The van der Waals surface area contributed by atoms with E-state index in [4.69, 9.17) is 5.84 Å². The maximum absolute atomic E-state index is 5.53. The third-order valence-electron chi connectivity index (χ3n) is 2.97. The van der Waals surface area contributed by atoms with Crippen molar-refractivity contribution in [2.45, 2.75) is 30.7 Å². The summed E-state index contributed by atoms with van der Waals surface area (Å²) in [4.78, 5) is 11.3. The predicted octanol–water partition coefficient (Wildman–Crippen LogP) is 1.60. The highest BCUT2D eigenvalue weighted by molar-refractivity contribution is 7.99. The molecular weight excluding hydrogens is 246 g/mol. The molecule has 6 heteroatoms. The van der Waals surface area contributed by atoms with Crippen molar-refractivity contribution in [2.75, 3.05) is 31.8 Å². The molecule has 18 heavy (non-hydrogen) atoms. The van der Waals surface area contributed by atoms with Crippen molar-refractivity contribution in [3.05, 3.63) is 11.4 Å². The number of rotatable bonds is 6. The van der Waals surface area contributed by atoms with Crippen molar-refractivity contribution in [2.24, 2.45) is 5.84 Å². The standard InChI is InChI=1S/C12H21N5S/c1-8-10(16-13)14-11(9-4-5-9)15-12(8)18-7-6-17(2)3/h9H,4-7,13H2,1-3H3,(H,14,15,16). The van der Waals surface area contributed by atoms with Gasteiger partial charge >= 0.3 is 0 Å². The number of hydrogen-bond acceptors (Lipinski definition) is 6. The minimum atomic E-state index is 0.547. The van der Waals surface area contributed by atoms with Crippen LogP contribution in [0.3, 0.4) is 0 Å². The molecule has 1 aromatic heterocycles. The van der Waals surface area contributed by atoms with Crippen LogP contribution in [0.4, 0.5) is 5.82 Å². The number of nitrogens with zero attached hydrogens (tertiary/aromatic N) is 3. The lowest BCUT2D eigenvalue weighted by Crippen LogP contribution is -2.16. The first-order valence-corrected chi connectivity index (χ1v) is 7.23. The Labute approximate surface area is 113 Å². The second kappa shape index (κ2) is 5.86. The van der Waals surface area contributed by atoms with Crippen LogP contribution in [0, 0.1) is 6.92 Å². The van der Waals surface area contributed by atoms with E-state index in [0.29, 0.717) is 5.92 Å². The zero-order valence-electron chi connectivity index (χ0n) is 11.2. The fourth-order valence-electron chi connectivity index (χ4n) is 1.64. The van der Waals surface area contributed by atoms with Gasteiger partial charge in [-0.05, 0) is 33.9 Å². The van der Waals surface area contributed by atoms with Gasteiger partial charge in [-0.1, -0.05) is 0 Å². The van der Waals surface area contributed by atoms with Crippen molar-refractivity contribution in [3.8, 4) is 0 Å². The monoisotopic (exact) mass is 267 g/mol. The molecule has 1 aliphatic rings. The van der Waals surface area contributed by atoms with E-state index in [1.807, 2.05) is 6.92 Å². The first-order valence-electron chi connectivity index (χ1n) is 6.24. The topological polar surface area (TPSA) is 67.1 Å². The van der Waals surface area contributed by atoms with Gasteiger partial charge in [0.05, 0.1) is 0 Å². The summed E-state index contributed by atoms with van der Waals surface area (Å²) in [6, 6.07) is 0. The minimum Gasteiger partial charge on any atom is -0.309 e. The molecule has 0 amide bonds. The quantitative estimate of drug-likeness (QED) is 0.353. The number of anilines is 1. The lowest BCUT2D eigenvalue weighted by atomic mass is 10.3. The SMILES string of the molecule is Cc1c(NN)nc(C2CC2)nc1SCCN(C)C. The van der Waals surface area contributed by atoms with E-state index in [2.05, 4.69) is 34.4 Å². The van der Waals surface area contributed by atoms with Crippen LogP contribution in [0.1, 0.15) is 30.1 Å². The van der Waals surface area contributed by atoms with Crippen LogP contribution in [0.5, 0.6) is 0 Å². The third kappa shape index (κ3) is 3.34. The normalized spacial score (nSPS) is 15.2. The molecule has 0 saturated heterocycles. The molecule has 2 rings (SSSR count). The zero-order chi connectivity index (χ0) is 13.1. The van der Waals surface area contributed by atoms with Crippen LogP contribution >= 0.6 is 11.8 Å². The summed E-state index contributed by atoms with van der Waals surface area (Å²) in [6.45, 7) is 3.06. The summed E-state index contributed by atoms with van der Waals surface area (Å²) in [5, 5.41) is 1.06. The molecule has 100 valence electrons. The maximum Gasteiger partial charge on any atom is 0.147 e. The third-order valence-corrected chi connectivity index (χ3v) is 4.03. The van der Waals surface area contributed by atoms with Crippen molar-refractivity contribution in [1.29, 1.82) is 0 Å². The lowest BCUT2D eigenvalue weighted by molar-refractivity contribution is 0.437. The summed E-state index contributed by atoms with van der Waals surface area (Å²) < 4.78 is 0. The summed E-state index contributed by atoms with van der Waals surface area (Å²) in [6.07, 6.45) is 2.41. The van der Waals surface area contributed by atoms with Crippen LogP contribution in [0.25, 0.3) is 0 Å². The Kier molecular flexibility index (Phi) is 4.42. The van der Waals surface area contributed by atoms with Gasteiger partial charge in [0.15, 0.2) is 0 Å². The fraction of sp³-hybridized carbons (Fsp3) is 0.667. The van der Waals surface area contributed by atoms with Gasteiger partial charge in [0.1, 0.15) is 16.7 Å². The average Bonchev–Trinajstić information content (AvgIpc) is 3.15. The molecule has 5 nitrogen and oxygen atoms in total. The van der Waals surface area contributed by atoms with E-state index in [-0.39, 0.29) is 0 Å². The van der Waals surface area contributed by atoms with Crippen LogP contribution in [0.2, 0.25) is 0 Å².